The van der Waals surface area contributed by atoms with E-state index in [0.29, 0.717) is 5.56 Å². The number of halogens is 1. The zero-order chi connectivity index (χ0) is 16.6. The highest BCUT2D eigenvalue weighted by Gasteiger charge is 2.21. The van der Waals surface area contributed by atoms with Gasteiger partial charge in [-0.05, 0) is 12.1 Å². The number of hydrogen-bond acceptors (Lipinski definition) is 7. The molecule has 0 aliphatic carbocycles. The van der Waals surface area contributed by atoms with Gasteiger partial charge in [0.1, 0.15) is 5.69 Å². The minimum Gasteiger partial charge on any atom is -0.504 e. The standard InChI is InChI=1S/C14H8FN3O5/c15-13-5-7(1-2-16-13)12-6-9(17-23-12)8-3-10(18(21)22)14(20)11(19)4-8/h1-6,19-20H. The van der Waals surface area contributed by atoms with Gasteiger partial charge in [0.25, 0.3) is 0 Å². The van der Waals surface area contributed by atoms with Gasteiger partial charge in [0.2, 0.25) is 11.7 Å². The zero-order valence-electron chi connectivity index (χ0n) is 11.3. The first-order valence-electron chi connectivity index (χ1n) is 6.25. The number of phenols is 2. The lowest BCUT2D eigenvalue weighted by Crippen LogP contribution is -1.90. The summed E-state index contributed by atoms with van der Waals surface area (Å²) >= 11 is 0. The van der Waals surface area contributed by atoms with E-state index in [4.69, 9.17) is 4.52 Å². The molecule has 23 heavy (non-hydrogen) atoms. The highest BCUT2D eigenvalue weighted by Crippen LogP contribution is 2.39. The Morgan fingerprint density at radius 3 is 2.65 bits per heavy atom. The maximum Gasteiger partial charge on any atom is 0.315 e. The molecule has 116 valence electrons. The molecule has 2 aromatic heterocycles. The third-order valence-electron chi connectivity index (χ3n) is 3.08. The highest BCUT2D eigenvalue weighted by molar-refractivity contribution is 5.72. The number of nitro groups is 1. The van der Waals surface area contributed by atoms with Gasteiger partial charge in [-0.3, -0.25) is 10.1 Å². The first kappa shape index (κ1) is 14.4. The smallest absolute Gasteiger partial charge is 0.315 e. The topological polar surface area (TPSA) is 123 Å². The van der Waals surface area contributed by atoms with Crippen LogP contribution in [0.4, 0.5) is 10.1 Å². The fourth-order valence-electron chi connectivity index (χ4n) is 1.99. The Morgan fingerprint density at radius 1 is 1.17 bits per heavy atom. The van der Waals surface area contributed by atoms with E-state index in [9.17, 15) is 24.7 Å². The molecular weight excluding hydrogens is 309 g/mol. The summed E-state index contributed by atoms with van der Waals surface area (Å²) in [6, 6.07) is 6.22. The van der Waals surface area contributed by atoms with Gasteiger partial charge in [0, 0.05) is 35.5 Å². The van der Waals surface area contributed by atoms with Crippen molar-refractivity contribution in [2.75, 3.05) is 0 Å². The number of nitrogens with zero attached hydrogens (tertiary/aromatic N) is 3. The molecule has 2 heterocycles. The first-order valence-corrected chi connectivity index (χ1v) is 6.25. The molecule has 3 aromatic rings. The Hall–Kier alpha value is -3.49. The van der Waals surface area contributed by atoms with Crippen LogP contribution in [0.1, 0.15) is 0 Å². The first-order chi connectivity index (χ1) is 11.0. The van der Waals surface area contributed by atoms with Gasteiger partial charge in [-0.25, -0.2) is 4.98 Å². The molecule has 0 aliphatic rings. The van der Waals surface area contributed by atoms with Crippen molar-refractivity contribution in [3.63, 3.8) is 0 Å². The molecule has 0 radical (unpaired) electrons. The Kier molecular flexibility index (Phi) is 3.37. The Bertz CT molecular complexity index is 909. The lowest BCUT2D eigenvalue weighted by molar-refractivity contribution is -0.385. The Labute approximate surface area is 127 Å². The second kappa shape index (κ2) is 5.37. The third-order valence-corrected chi connectivity index (χ3v) is 3.08. The van der Waals surface area contributed by atoms with E-state index < -0.39 is 28.1 Å². The van der Waals surface area contributed by atoms with Crippen LogP contribution < -0.4 is 0 Å². The zero-order valence-corrected chi connectivity index (χ0v) is 11.3. The summed E-state index contributed by atoms with van der Waals surface area (Å²) in [6.45, 7) is 0. The molecule has 0 fully saturated rings. The Morgan fingerprint density at radius 2 is 1.96 bits per heavy atom. The largest absolute Gasteiger partial charge is 0.504 e. The number of benzene rings is 1. The van der Waals surface area contributed by atoms with E-state index in [1.807, 2.05) is 0 Å². The van der Waals surface area contributed by atoms with E-state index >= 15 is 0 Å². The van der Waals surface area contributed by atoms with Gasteiger partial charge in [-0.15, -0.1) is 0 Å². The van der Waals surface area contributed by atoms with Crippen LogP contribution in [0.2, 0.25) is 0 Å². The summed E-state index contributed by atoms with van der Waals surface area (Å²) < 4.78 is 18.2. The molecule has 9 heteroatoms. The van der Waals surface area contributed by atoms with E-state index in [1.165, 1.54) is 18.3 Å². The molecule has 0 spiro atoms. The predicted molar refractivity (Wildman–Crippen MR) is 75.1 cm³/mol. The van der Waals surface area contributed by atoms with Crippen LogP contribution in [0.3, 0.4) is 0 Å². The molecule has 3 rings (SSSR count). The monoisotopic (exact) mass is 317 g/mol. The predicted octanol–water partition coefficient (Wildman–Crippen LogP) is 2.86. The van der Waals surface area contributed by atoms with Gasteiger partial charge in [-0.1, -0.05) is 5.16 Å². The van der Waals surface area contributed by atoms with Gasteiger partial charge >= 0.3 is 5.69 Å². The highest BCUT2D eigenvalue weighted by atomic mass is 19.1. The summed E-state index contributed by atoms with van der Waals surface area (Å²) in [5.74, 6) is -1.97. The third kappa shape index (κ3) is 2.67. The summed E-state index contributed by atoms with van der Waals surface area (Å²) in [6.07, 6.45) is 1.25. The summed E-state index contributed by atoms with van der Waals surface area (Å²) in [5, 5.41) is 33.6. The minimum atomic E-state index is -0.836. The van der Waals surface area contributed by atoms with Crippen LogP contribution >= 0.6 is 0 Å². The lowest BCUT2D eigenvalue weighted by atomic mass is 10.1. The number of rotatable bonds is 3. The number of aromatic nitrogens is 2. The molecule has 2 N–H and O–H groups in total. The van der Waals surface area contributed by atoms with Crippen LogP contribution in [0, 0.1) is 16.1 Å². The van der Waals surface area contributed by atoms with E-state index in [2.05, 4.69) is 10.1 Å². The van der Waals surface area contributed by atoms with Crippen LogP contribution in [-0.2, 0) is 0 Å². The number of nitro benzene ring substituents is 1. The number of hydrogen-bond donors (Lipinski definition) is 2. The number of pyridine rings is 1. The maximum atomic E-state index is 13.1. The second-order valence-electron chi connectivity index (χ2n) is 4.56. The van der Waals surface area contributed by atoms with Crippen molar-refractivity contribution in [1.82, 2.24) is 10.1 Å². The number of aromatic hydroxyl groups is 2. The summed E-state index contributed by atoms with van der Waals surface area (Å²) in [5.41, 5.74) is 0.0559. The minimum absolute atomic E-state index is 0.163. The SMILES string of the molecule is O=[N+]([O-])c1cc(-c2cc(-c3ccnc(F)c3)on2)cc(O)c1O. The van der Waals surface area contributed by atoms with Crippen molar-refractivity contribution in [2.45, 2.75) is 0 Å². The van der Waals surface area contributed by atoms with Crippen molar-refractivity contribution in [1.29, 1.82) is 0 Å². The van der Waals surface area contributed by atoms with Crippen molar-refractivity contribution < 1.29 is 24.0 Å². The molecule has 0 saturated carbocycles. The normalized spacial score (nSPS) is 10.7. The fraction of sp³-hybridized carbons (Fsp3) is 0. The van der Waals surface area contributed by atoms with Crippen LogP contribution in [-0.4, -0.2) is 25.3 Å². The van der Waals surface area contributed by atoms with Gasteiger partial charge in [0.05, 0.1) is 4.92 Å². The van der Waals surface area contributed by atoms with Gasteiger partial charge in [0.15, 0.2) is 11.5 Å². The van der Waals surface area contributed by atoms with Crippen molar-refractivity contribution in [2.24, 2.45) is 0 Å². The number of phenolic OH excluding ortho intramolecular Hbond substituents is 2. The van der Waals surface area contributed by atoms with Crippen LogP contribution in [0.15, 0.2) is 41.1 Å². The van der Waals surface area contributed by atoms with Crippen LogP contribution in [0.25, 0.3) is 22.6 Å². The van der Waals surface area contributed by atoms with Crippen molar-refractivity contribution in [3.05, 3.63) is 52.6 Å². The average molecular weight is 317 g/mol. The molecule has 0 bridgehead atoms. The molecule has 0 atom stereocenters. The van der Waals surface area contributed by atoms with E-state index in [1.54, 1.807) is 0 Å². The fourth-order valence-corrected chi connectivity index (χ4v) is 1.99. The lowest BCUT2D eigenvalue weighted by Gasteiger charge is -2.01. The molecule has 0 amide bonds. The van der Waals surface area contributed by atoms with Crippen molar-refractivity contribution in [3.8, 4) is 34.1 Å². The molecule has 8 nitrogen and oxygen atoms in total. The Balaban J connectivity index is 2.06. The maximum absolute atomic E-state index is 13.1. The van der Waals surface area contributed by atoms with Crippen molar-refractivity contribution >= 4 is 5.69 Å². The van der Waals surface area contributed by atoms with Gasteiger partial charge < -0.3 is 14.7 Å². The summed E-state index contributed by atoms with van der Waals surface area (Å²) in [7, 11) is 0. The quantitative estimate of drug-likeness (QED) is 0.329. The second-order valence-corrected chi connectivity index (χ2v) is 4.56. The molecule has 1 aromatic carbocycles. The van der Waals surface area contributed by atoms with Crippen LogP contribution in [0.5, 0.6) is 11.5 Å². The van der Waals surface area contributed by atoms with E-state index in [-0.39, 0.29) is 17.0 Å². The summed E-state index contributed by atoms with van der Waals surface area (Å²) in [4.78, 5) is 13.4. The molecule has 0 saturated heterocycles. The average Bonchev–Trinajstić information content (AvgIpc) is 2.99. The van der Waals surface area contributed by atoms with Gasteiger partial charge in [-0.2, -0.15) is 4.39 Å². The molecule has 0 unspecified atom stereocenters. The molecular formula is C14H8FN3O5. The molecule has 0 aliphatic heterocycles. The van der Waals surface area contributed by atoms with E-state index in [0.717, 1.165) is 18.2 Å².